The molecular weight excluding hydrogens is 278 g/mol. The minimum Gasteiger partial charge on any atom is -0.355 e. The maximum Gasteiger partial charge on any atom is 0.0464 e. The van der Waals surface area contributed by atoms with Gasteiger partial charge in [-0.1, -0.05) is 60.7 Å². The molecule has 0 amide bonds. The van der Waals surface area contributed by atoms with Crippen molar-refractivity contribution < 1.29 is 0 Å². The first-order chi connectivity index (χ1) is 11.3. The Morgan fingerprint density at radius 3 is 1.78 bits per heavy atom. The highest BCUT2D eigenvalue weighted by molar-refractivity contribution is 6.05. The third-order valence-corrected chi connectivity index (χ3v) is 4.59. The molecule has 1 heterocycles. The zero-order chi connectivity index (χ0) is 15.8. The summed E-state index contributed by atoms with van der Waals surface area (Å²) in [6, 6.07) is 25.7. The molecule has 0 saturated carbocycles. The third-order valence-electron chi connectivity index (χ3n) is 4.59. The van der Waals surface area contributed by atoms with Gasteiger partial charge in [-0.05, 0) is 48.3 Å². The van der Waals surface area contributed by atoms with Gasteiger partial charge in [0, 0.05) is 22.5 Å². The summed E-state index contributed by atoms with van der Waals surface area (Å²) in [5.41, 5.74) is 10.1. The Bertz CT molecular complexity index is 919. The number of hydrogen-bond acceptors (Lipinski definition) is 1. The predicted molar refractivity (Wildman–Crippen MR) is 98.9 cm³/mol. The van der Waals surface area contributed by atoms with Gasteiger partial charge in [-0.25, -0.2) is 0 Å². The molecule has 0 fully saturated rings. The number of allylic oxidation sites excluding steroid dienone is 1. The zero-order valence-corrected chi connectivity index (χ0v) is 13.4. The van der Waals surface area contributed by atoms with Crippen LogP contribution in [0.2, 0.25) is 0 Å². The molecule has 0 unspecified atom stereocenters. The summed E-state index contributed by atoms with van der Waals surface area (Å²) in [6.07, 6.45) is 0. The van der Waals surface area contributed by atoms with Gasteiger partial charge in [0.1, 0.15) is 0 Å². The van der Waals surface area contributed by atoms with E-state index >= 15 is 0 Å². The highest BCUT2D eigenvalue weighted by Crippen LogP contribution is 2.42. The molecule has 3 aromatic carbocycles. The molecule has 1 N–H and O–H groups in total. The average molecular weight is 297 g/mol. The lowest BCUT2D eigenvalue weighted by Gasteiger charge is -2.15. The first kappa shape index (κ1) is 13.8. The Labute approximate surface area is 137 Å². The number of aryl methyl sites for hydroxylation is 1. The van der Waals surface area contributed by atoms with E-state index in [1.165, 1.54) is 39.1 Å². The van der Waals surface area contributed by atoms with Gasteiger partial charge in [0.2, 0.25) is 0 Å². The van der Waals surface area contributed by atoms with E-state index in [4.69, 9.17) is 0 Å². The predicted octanol–water partition coefficient (Wildman–Crippen LogP) is 6.03. The fourth-order valence-corrected chi connectivity index (χ4v) is 3.41. The number of fused-ring (bicyclic) bond motifs is 2. The third kappa shape index (κ3) is 2.25. The lowest BCUT2D eigenvalue weighted by atomic mass is 9.88. The molecule has 0 atom stereocenters. The SMILES string of the molecule is CC1=C(c2ccccc2C)c2ccccc2Nc2ccccc21. The first-order valence-corrected chi connectivity index (χ1v) is 7.98. The van der Waals surface area contributed by atoms with Crippen LogP contribution in [-0.4, -0.2) is 0 Å². The monoisotopic (exact) mass is 297 g/mol. The molecule has 0 radical (unpaired) electrons. The summed E-state index contributed by atoms with van der Waals surface area (Å²) in [4.78, 5) is 0. The highest BCUT2D eigenvalue weighted by Gasteiger charge is 2.20. The Kier molecular flexibility index (Phi) is 3.27. The van der Waals surface area contributed by atoms with E-state index in [1.54, 1.807) is 0 Å². The van der Waals surface area contributed by atoms with Gasteiger partial charge in [0.15, 0.2) is 0 Å². The maximum absolute atomic E-state index is 3.61. The second-order valence-electron chi connectivity index (χ2n) is 6.03. The van der Waals surface area contributed by atoms with Crippen molar-refractivity contribution in [3.05, 3.63) is 95.1 Å². The summed E-state index contributed by atoms with van der Waals surface area (Å²) in [7, 11) is 0. The van der Waals surface area contributed by atoms with E-state index < -0.39 is 0 Å². The normalized spacial score (nSPS) is 13.0. The molecule has 0 aliphatic carbocycles. The van der Waals surface area contributed by atoms with Gasteiger partial charge in [0.25, 0.3) is 0 Å². The summed E-state index contributed by atoms with van der Waals surface area (Å²) >= 11 is 0. The molecule has 112 valence electrons. The van der Waals surface area contributed by atoms with Crippen LogP contribution in [0.1, 0.15) is 29.2 Å². The molecule has 0 aromatic heterocycles. The molecule has 23 heavy (non-hydrogen) atoms. The van der Waals surface area contributed by atoms with Crippen molar-refractivity contribution in [1.82, 2.24) is 0 Å². The minimum atomic E-state index is 1.16. The van der Waals surface area contributed by atoms with Crippen LogP contribution in [0.4, 0.5) is 11.4 Å². The van der Waals surface area contributed by atoms with Crippen LogP contribution in [-0.2, 0) is 0 Å². The smallest absolute Gasteiger partial charge is 0.0464 e. The Hall–Kier alpha value is -2.80. The maximum atomic E-state index is 3.61. The standard InChI is InChI=1S/C22H19N/c1-15-9-3-4-10-17(15)22-16(2)18-11-5-7-13-20(18)23-21-14-8-6-12-19(21)22/h3-14,23H,1-2H3. The van der Waals surface area contributed by atoms with Crippen molar-refractivity contribution in [3.8, 4) is 0 Å². The van der Waals surface area contributed by atoms with Crippen molar-refractivity contribution >= 4 is 22.5 Å². The van der Waals surface area contributed by atoms with E-state index in [1.807, 2.05) is 0 Å². The van der Waals surface area contributed by atoms with Crippen molar-refractivity contribution in [1.29, 1.82) is 0 Å². The van der Waals surface area contributed by atoms with Crippen molar-refractivity contribution in [2.45, 2.75) is 13.8 Å². The Morgan fingerprint density at radius 2 is 1.09 bits per heavy atom. The molecule has 0 spiro atoms. The molecule has 1 aliphatic heterocycles. The van der Waals surface area contributed by atoms with Crippen LogP contribution < -0.4 is 5.32 Å². The molecule has 1 aliphatic rings. The van der Waals surface area contributed by atoms with E-state index in [9.17, 15) is 0 Å². The van der Waals surface area contributed by atoms with Gasteiger partial charge < -0.3 is 5.32 Å². The van der Waals surface area contributed by atoms with E-state index in [-0.39, 0.29) is 0 Å². The molecule has 3 aromatic rings. The number of anilines is 2. The van der Waals surface area contributed by atoms with Gasteiger partial charge in [0.05, 0.1) is 0 Å². The number of benzene rings is 3. The van der Waals surface area contributed by atoms with Crippen LogP contribution in [0.15, 0.2) is 72.8 Å². The second kappa shape index (κ2) is 5.44. The second-order valence-corrected chi connectivity index (χ2v) is 6.03. The fourth-order valence-electron chi connectivity index (χ4n) is 3.41. The summed E-state index contributed by atoms with van der Waals surface area (Å²) in [5, 5.41) is 3.61. The topological polar surface area (TPSA) is 12.0 Å². The highest BCUT2D eigenvalue weighted by atomic mass is 14.9. The molecule has 1 nitrogen and oxygen atoms in total. The molecule has 0 bridgehead atoms. The van der Waals surface area contributed by atoms with Gasteiger partial charge in [-0.2, -0.15) is 0 Å². The average Bonchev–Trinajstić information content (AvgIpc) is 2.70. The number of para-hydroxylation sites is 2. The lowest BCUT2D eigenvalue weighted by Crippen LogP contribution is -1.95. The Morgan fingerprint density at radius 1 is 0.565 bits per heavy atom. The quantitative estimate of drug-likeness (QED) is 0.578. The van der Waals surface area contributed by atoms with Gasteiger partial charge >= 0.3 is 0 Å². The molecule has 4 rings (SSSR count). The summed E-state index contributed by atoms with van der Waals surface area (Å²) in [6.45, 7) is 4.41. The number of hydrogen-bond donors (Lipinski definition) is 1. The van der Waals surface area contributed by atoms with E-state index in [0.29, 0.717) is 0 Å². The first-order valence-electron chi connectivity index (χ1n) is 7.98. The number of nitrogens with one attached hydrogen (secondary N) is 1. The largest absolute Gasteiger partial charge is 0.355 e. The van der Waals surface area contributed by atoms with Crippen LogP contribution in [0.3, 0.4) is 0 Å². The summed E-state index contributed by atoms with van der Waals surface area (Å²) in [5.74, 6) is 0. The molecule has 0 saturated heterocycles. The molecular formula is C22H19N. The van der Waals surface area contributed by atoms with Crippen molar-refractivity contribution in [3.63, 3.8) is 0 Å². The fraction of sp³-hybridized carbons (Fsp3) is 0.0909. The van der Waals surface area contributed by atoms with Crippen molar-refractivity contribution in [2.24, 2.45) is 0 Å². The van der Waals surface area contributed by atoms with Gasteiger partial charge in [-0.3, -0.25) is 0 Å². The van der Waals surface area contributed by atoms with Gasteiger partial charge in [-0.15, -0.1) is 0 Å². The van der Waals surface area contributed by atoms with Crippen LogP contribution >= 0.6 is 0 Å². The van der Waals surface area contributed by atoms with Crippen LogP contribution in [0.25, 0.3) is 11.1 Å². The van der Waals surface area contributed by atoms with E-state index in [2.05, 4.69) is 92.0 Å². The molecule has 1 heteroatoms. The summed E-state index contributed by atoms with van der Waals surface area (Å²) < 4.78 is 0. The number of rotatable bonds is 1. The minimum absolute atomic E-state index is 1.16. The van der Waals surface area contributed by atoms with Crippen LogP contribution in [0, 0.1) is 6.92 Å². The Balaban J connectivity index is 2.10. The van der Waals surface area contributed by atoms with E-state index in [0.717, 1.165) is 5.69 Å². The van der Waals surface area contributed by atoms with Crippen LogP contribution in [0.5, 0.6) is 0 Å². The lowest BCUT2D eigenvalue weighted by molar-refractivity contribution is 1.41. The van der Waals surface area contributed by atoms with Crippen molar-refractivity contribution in [2.75, 3.05) is 5.32 Å². The zero-order valence-electron chi connectivity index (χ0n) is 13.4.